The normalized spacial score (nSPS) is 9.64. The van der Waals surface area contributed by atoms with E-state index in [4.69, 9.17) is 0 Å². The summed E-state index contributed by atoms with van der Waals surface area (Å²) >= 11 is 0. The minimum Gasteiger partial charge on any atom is -0.258 e. The van der Waals surface area contributed by atoms with Crippen LogP contribution in [0.25, 0.3) is 0 Å². The smallest absolute Gasteiger partial charge is 0.258 e. The number of hydrogen-bond donors (Lipinski definition) is 0. The fraction of sp³-hybridized carbons (Fsp3) is 0. The van der Waals surface area contributed by atoms with E-state index in [1.54, 1.807) is 0 Å². The number of nitro benzene ring substituents is 1. The minimum absolute atomic E-state index is 0.219. The van der Waals surface area contributed by atoms with Crippen LogP contribution < -0.4 is 0 Å². The highest BCUT2D eigenvalue weighted by atomic mass is 19.1. The molecule has 3 nitrogen and oxygen atoms in total. The summed E-state index contributed by atoms with van der Waals surface area (Å²) in [6, 6.07) is 3.26. The van der Waals surface area contributed by atoms with Crippen LogP contribution in [0.2, 0.25) is 0 Å². The van der Waals surface area contributed by atoms with Gasteiger partial charge in [0.15, 0.2) is 0 Å². The fourth-order valence-electron chi connectivity index (χ4n) is 0.707. The van der Waals surface area contributed by atoms with E-state index in [9.17, 15) is 14.5 Å². The quantitative estimate of drug-likeness (QED) is 0.458. The molecule has 1 aromatic rings. The number of nitrogens with zero attached hydrogens (tertiary/aromatic N) is 1. The van der Waals surface area contributed by atoms with Crippen molar-refractivity contribution in [3.63, 3.8) is 0 Å². The summed E-state index contributed by atoms with van der Waals surface area (Å²) in [5.41, 5.74) is -0.0681. The van der Waals surface area contributed by atoms with Gasteiger partial charge < -0.3 is 0 Å². The molecule has 0 aliphatic carbocycles. The summed E-state index contributed by atoms with van der Waals surface area (Å²) in [6.07, 6.45) is 0. The summed E-state index contributed by atoms with van der Waals surface area (Å²) in [4.78, 5) is 9.51. The maximum absolute atomic E-state index is 12.4. The van der Waals surface area contributed by atoms with E-state index in [2.05, 4.69) is 6.92 Å². The molecule has 0 bridgehead atoms. The maximum atomic E-state index is 12.4. The van der Waals surface area contributed by atoms with Gasteiger partial charge in [-0.05, 0) is 19.1 Å². The summed E-state index contributed by atoms with van der Waals surface area (Å²) < 4.78 is 12.4. The summed E-state index contributed by atoms with van der Waals surface area (Å²) in [6.45, 7) is 3.37. The number of halogens is 1. The van der Waals surface area contributed by atoms with Crippen molar-refractivity contribution >= 4 is 5.69 Å². The van der Waals surface area contributed by atoms with E-state index in [-0.39, 0.29) is 11.3 Å². The molecule has 1 aromatic carbocycles. The van der Waals surface area contributed by atoms with Crippen molar-refractivity contribution in [1.29, 1.82) is 0 Å². The Labute approximate surface area is 62.6 Å². The molecule has 0 aromatic heterocycles. The Balaban J connectivity index is 3.23. The molecule has 0 aliphatic rings. The Hall–Kier alpha value is -1.45. The topological polar surface area (TPSA) is 43.1 Å². The highest BCUT2D eigenvalue weighted by molar-refractivity contribution is 5.42. The molecule has 1 radical (unpaired) electrons. The van der Waals surface area contributed by atoms with Gasteiger partial charge in [0.05, 0.1) is 11.0 Å². The van der Waals surface area contributed by atoms with E-state index in [0.29, 0.717) is 0 Å². The third kappa shape index (κ3) is 1.52. The van der Waals surface area contributed by atoms with Crippen molar-refractivity contribution in [2.24, 2.45) is 0 Å². The summed E-state index contributed by atoms with van der Waals surface area (Å²) in [5.74, 6) is -0.621. The molecule has 0 aliphatic heterocycles. The Morgan fingerprint density at radius 3 is 2.64 bits per heavy atom. The zero-order chi connectivity index (χ0) is 8.43. The Kier molecular flexibility index (Phi) is 1.85. The molecule has 0 saturated heterocycles. The zero-order valence-electron chi connectivity index (χ0n) is 5.58. The molecule has 1 rings (SSSR count). The fourth-order valence-corrected chi connectivity index (χ4v) is 0.707. The highest BCUT2D eigenvalue weighted by Crippen LogP contribution is 2.17. The molecular weight excluding hydrogens is 149 g/mol. The molecule has 0 atom stereocenters. The minimum atomic E-state index is -0.661. The van der Waals surface area contributed by atoms with Crippen LogP contribution in [0, 0.1) is 22.9 Å². The van der Waals surface area contributed by atoms with Gasteiger partial charge in [-0.25, -0.2) is 4.39 Å². The molecule has 0 fully saturated rings. The van der Waals surface area contributed by atoms with Gasteiger partial charge in [0, 0.05) is 5.56 Å². The molecule has 57 valence electrons. The second-order valence-corrected chi connectivity index (χ2v) is 2.03. The third-order valence-electron chi connectivity index (χ3n) is 1.24. The van der Waals surface area contributed by atoms with Crippen molar-refractivity contribution < 1.29 is 9.31 Å². The van der Waals surface area contributed by atoms with Crippen LogP contribution in [0.15, 0.2) is 18.2 Å². The van der Waals surface area contributed by atoms with Crippen LogP contribution in [0.4, 0.5) is 10.1 Å². The lowest BCUT2D eigenvalue weighted by atomic mass is 10.2. The van der Waals surface area contributed by atoms with Crippen molar-refractivity contribution in [2.75, 3.05) is 0 Å². The van der Waals surface area contributed by atoms with Gasteiger partial charge >= 0.3 is 0 Å². The number of rotatable bonds is 1. The van der Waals surface area contributed by atoms with Crippen LogP contribution in [-0.2, 0) is 0 Å². The van der Waals surface area contributed by atoms with E-state index >= 15 is 0 Å². The first-order chi connectivity index (χ1) is 5.11. The van der Waals surface area contributed by atoms with Crippen LogP contribution in [0.3, 0.4) is 0 Å². The van der Waals surface area contributed by atoms with E-state index in [1.807, 2.05) is 0 Å². The standard InChI is InChI=1S/C7H5FNO2/c1-5-2-3-6(8)4-7(5)9(10)11/h2-4H,1H2. The first kappa shape index (κ1) is 7.65. The molecule has 0 N–H and O–H groups in total. The predicted molar refractivity (Wildman–Crippen MR) is 37.5 cm³/mol. The Bertz CT molecular complexity index is 298. The first-order valence-electron chi connectivity index (χ1n) is 2.87. The number of hydrogen-bond acceptors (Lipinski definition) is 2. The number of nitro groups is 1. The molecular formula is C7H5FNO2. The van der Waals surface area contributed by atoms with Gasteiger partial charge in [-0.1, -0.05) is 0 Å². The van der Waals surface area contributed by atoms with E-state index in [0.717, 1.165) is 12.1 Å². The maximum Gasteiger partial charge on any atom is 0.275 e. The molecule has 0 saturated carbocycles. The average molecular weight is 154 g/mol. The first-order valence-corrected chi connectivity index (χ1v) is 2.87. The second kappa shape index (κ2) is 2.65. The zero-order valence-corrected chi connectivity index (χ0v) is 5.58. The Morgan fingerprint density at radius 2 is 2.18 bits per heavy atom. The number of benzene rings is 1. The van der Waals surface area contributed by atoms with Gasteiger partial charge in [-0.15, -0.1) is 0 Å². The molecule has 0 unspecified atom stereocenters. The van der Waals surface area contributed by atoms with Crippen molar-refractivity contribution in [1.82, 2.24) is 0 Å². The van der Waals surface area contributed by atoms with E-state index in [1.165, 1.54) is 6.07 Å². The predicted octanol–water partition coefficient (Wildman–Crippen LogP) is 1.92. The third-order valence-corrected chi connectivity index (χ3v) is 1.24. The highest BCUT2D eigenvalue weighted by Gasteiger charge is 2.10. The van der Waals surface area contributed by atoms with Gasteiger partial charge in [0.25, 0.3) is 5.69 Å². The lowest BCUT2D eigenvalue weighted by molar-refractivity contribution is -0.385. The molecule has 4 heteroatoms. The van der Waals surface area contributed by atoms with Crippen molar-refractivity contribution in [3.05, 3.63) is 46.6 Å². The molecule has 0 heterocycles. The van der Waals surface area contributed by atoms with Crippen LogP contribution in [0.5, 0.6) is 0 Å². The van der Waals surface area contributed by atoms with Crippen LogP contribution >= 0.6 is 0 Å². The van der Waals surface area contributed by atoms with Crippen LogP contribution in [-0.4, -0.2) is 4.92 Å². The SMILES string of the molecule is [CH2]c1ccc(F)cc1[N+](=O)[O-]. The van der Waals surface area contributed by atoms with Gasteiger partial charge in [0.1, 0.15) is 5.82 Å². The second-order valence-electron chi connectivity index (χ2n) is 2.03. The van der Waals surface area contributed by atoms with Crippen molar-refractivity contribution in [2.45, 2.75) is 0 Å². The molecule has 11 heavy (non-hydrogen) atoms. The molecule has 0 spiro atoms. The molecule has 0 amide bonds. The van der Waals surface area contributed by atoms with Gasteiger partial charge in [-0.3, -0.25) is 10.1 Å². The van der Waals surface area contributed by atoms with Crippen LogP contribution in [0.1, 0.15) is 5.56 Å². The van der Waals surface area contributed by atoms with E-state index < -0.39 is 10.7 Å². The average Bonchev–Trinajstić information content (AvgIpc) is 1.94. The lowest BCUT2D eigenvalue weighted by Gasteiger charge is -1.94. The van der Waals surface area contributed by atoms with Crippen molar-refractivity contribution in [3.8, 4) is 0 Å². The Morgan fingerprint density at radius 1 is 1.55 bits per heavy atom. The van der Waals surface area contributed by atoms with Gasteiger partial charge in [0.2, 0.25) is 0 Å². The summed E-state index contributed by atoms with van der Waals surface area (Å²) in [7, 11) is 0. The lowest BCUT2D eigenvalue weighted by Crippen LogP contribution is -1.91. The van der Waals surface area contributed by atoms with Gasteiger partial charge in [-0.2, -0.15) is 0 Å². The largest absolute Gasteiger partial charge is 0.275 e. The summed E-state index contributed by atoms with van der Waals surface area (Å²) in [5, 5.41) is 10.2. The monoisotopic (exact) mass is 154 g/mol.